The fourth-order valence-electron chi connectivity index (χ4n) is 2.85. The molecule has 0 heterocycles. The Morgan fingerprint density at radius 2 is 1.71 bits per heavy atom. The highest BCUT2D eigenvalue weighted by atomic mass is 16.5. The van der Waals surface area contributed by atoms with Crippen molar-refractivity contribution in [2.45, 2.75) is 20.0 Å². The summed E-state index contributed by atoms with van der Waals surface area (Å²) >= 11 is 0. The fraction of sp³-hybridized carbons (Fsp3) is 0.458. The molecule has 0 saturated heterocycles. The van der Waals surface area contributed by atoms with Crippen LogP contribution in [0.15, 0.2) is 53.5 Å². The summed E-state index contributed by atoms with van der Waals surface area (Å²) in [7, 11) is 5.45. The maximum absolute atomic E-state index is 5.90. The molecule has 0 aliphatic heterocycles. The van der Waals surface area contributed by atoms with Crippen LogP contribution in [0.2, 0.25) is 0 Å². The first kappa shape index (κ1) is 24.5. The zero-order chi connectivity index (χ0) is 22.3. The normalized spacial score (nSPS) is 11.5. The predicted octanol–water partition coefficient (Wildman–Crippen LogP) is 2.91. The van der Waals surface area contributed by atoms with Gasteiger partial charge in [-0.25, -0.2) is 4.99 Å². The van der Waals surface area contributed by atoms with Crippen molar-refractivity contribution < 1.29 is 14.2 Å². The van der Waals surface area contributed by atoms with Gasteiger partial charge < -0.3 is 29.7 Å². The van der Waals surface area contributed by atoms with Crippen molar-refractivity contribution in [3.8, 4) is 11.5 Å². The molecule has 170 valence electrons. The number of benzene rings is 2. The molecule has 0 amide bonds. The van der Waals surface area contributed by atoms with Gasteiger partial charge in [-0.05, 0) is 49.4 Å². The number of ether oxygens (including phenoxy) is 3. The van der Waals surface area contributed by atoms with Crippen molar-refractivity contribution in [2.24, 2.45) is 4.99 Å². The fourth-order valence-corrected chi connectivity index (χ4v) is 2.85. The van der Waals surface area contributed by atoms with E-state index in [1.54, 1.807) is 14.2 Å². The van der Waals surface area contributed by atoms with Crippen LogP contribution in [0.4, 0.5) is 0 Å². The summed E-state index contributed by atoms with van der Waals surface area (Å²) in [5.41, 5.74) is 2.27. The Bertz CT molecular complexity index is 781. The Morgan fingerprint density at radius 3 is 2.42 bits per heavy atom. The summed E-state index contributed by atoms with van der Waals surface area (Å²) in [5, 5.41) is 6.66. The van der Waals surface area contributed by atoms with Crippen molar-refractivity contribution in [2.75, 3.05) is 54.1 Å². The Morgan fingerprint density at radius 1 is 0.935 bits per heavy atom. The van der Waals surface area contributed by atoms with E-state index in [0.29, 0.717) is 19.7 Å². The molecule has 2 aromatic rings. The molecule has 31 heavy (non-hydrogen) atoms. The van der Waals surface area contributed by atoms with Crippen LogP contribution in [0.3, 0.4) is 0 Å². The van der Waals surface area contributed by atoms with E-state index in [4.69, 9.17) is 19.2 Å². The van der Waals surface area contributed by atoms with E-state index in [-0.39, 0.29) is 0 Å². The average molecular weight is 429 g/mol. The molecule has 0 atom stereocenters. The number of nitrogens with zero attached hydrogens (tertiary/aromatic N) is 2. The van der Waals surface area contributed by atoms with E-state index < -0.39 is 0 Å². The first-order valence-corrected chi connectivity index (χ1v) is 10.7. The van der Waals surface area contributed by atoms with Crippen LogP contribution in [-0.2, 0) is 17.8 Å². The molecule has 0 spiro atoms. The number of rotatable bonds is 13. The highest BCUT2D eigenvalue weighted by Crippen LogP contribution is 2.14. The Labute approximate surface area is 186 Å². The maximum atomic E-state index is 5.90. The molecule has 0 unspecified atom stereocenters. The molecule has 0 saturated carbocycles. The molecule has 0 radical (unpaired) electrons. The Kier molecular flexibility index (Phi) is 11.3. The third-order valence-corrected chi connectivity index (χ3v) is 4.70. The largest absolute Gasteiger partial charge is 0.497 e. The predicted molar refractivity (Wildman–Crippen MR) is 126 cm³/mol. The molecule has 0 aromatic heterocycles. The third kappa shape index (κ3) is 9.72. The van der Waals surface area contributed by atoms with Gasteiger partial charge in [-0.2, -0.15) is 0 Å². The average Bonchev–Trinajstić information content (AvgIpc) is 2.80. The van der Waals surface area contributed by atoms with Crippen molar-refractivity contribution in [3.05, 3.63) is 59.7 Å². The van der Waals surface area contributed by atoms with E-state index in [2.05, 4.69) is 35.6 Å². The lowest BCUT2D eigenvalue weighted by Crippen LogP contribution is -2.36. The maximum Gasteiger partial charge on any atom is 0.191 e. The van der Waals surface area contributed by atoms with Gasteiger partial charge in [-0.3, -0.25) is 0 Å². The minimum absolute atomic E-state index is 0.572. The minimum atomic E-state index is 0.572. The molecule has 0 aliphatic carbocycles. The van der Waals surface area contributed by atoms with Gasteiger partial charge in [-0.15, -0.1) is 0 Å². The van der Waals surface area contributed by atoms with E-state index in [1.165, 1.54) is 0 Å². The molecule has 7 nitrogen and oxygen atoms in total. The number of hydrogen-bond donors (Lipinski definition) is 2. The summed E-state index contributed by atoms with van der Waals surface area (Å²) in [6.45, 7) is 7.23. The highest BCUT2D eigenvalue weighted by molar-refractivity contribution is 5.79. The molecule has 2 rings (SSSR count). The molecule has 0 aliphatic rings. The zero-order valence-corrected chi connectivity index (χ0v) is 19.2. The highest BCUT2D eigenvalue weighted by Gasteiger charge is 2.02. The van der Waals surface area contributed by atoms with Gasteiger partial charge in [0.15, 0.2) is 5.96 Å². The Balaban J connectivity index is 1.86. The van der Waals surface area contributed by atoms with Crippen LogP contribution in [0.1, 0.15) is 18.1 Å². The van der Waals surface area contributed by atoms with Crippen molar-refractivity contribution >= 4 is 5.96 Å². The van der Waals surface area contributed by atoms with Gasteiger partial charge in [0.2, 0.25) is 0 Å². The summed E-state index contributed by atoms with van der Waals surface area (Å²) < 4.78 is 16.2. The molecule has 2 aromatic carbocycles. The lowest BCUT2D eigenvalue weighted by atomic mass is 10.2. The van der Waals surface area contributed by atoms with Gasteiger partial charge >= 0.3 is 0 Å². The standard InChI is InChI=1S/C24H36N4O3/c1-5-25-24(26-18-20-9-11-22(30-4)12-10-20)27-19-21-7-6-8-23(17-21)31-16-14-28(2)13-15-29-3/h6-12,17H,5,13-16,18-19H2,1-4H3,(H2,25,26,27). The van der Waals surface area contributed by atoms with Crippen molar-refractivity contribution in [3.63, 3.8) is 0 Å². The number of methoxy groups -OCH3 is 2. The van der Waals surface area contributed by atoms with Crippen LogP contribution in [0.5, 0.6) is 11.5 Å². The Hall–Kier alpha value is -2.77. The summed E-state index contributed by atoms with van der Waals surface area (Å²) in [4.78, 5) is 6.90. The van der Waals surface area contributed by atoms with Gasteiger partial charge in [0.25, 0.3) is 0 Å². The molecular weight excluding hydrogens is 392 g/mol. The van der Waals surface area contributed by atoms with Gasteiger partial charge in [0.1, 0.15) is 18.1 Å². The molecule has 0 bridgehead atoms. The molecule has 0 fully saturated rings. The van der Waals surface area contributed by atoms with E-state index in [9.17, 15) is 0 Å². The van der Waals surface area contributed by atoms with E-state index in [1.807, 2.05) is 42.5 Å². The third-order valence-electron chi connectivity index (χ3n) is 4.70. The monoisotopic (exact) mass is 428 g/mol. The summed E-state index contributed by atoms with van der Waals surface area (Å²) in [6.07, 6.45) is 0. The van der Waals surface area contributed by atoms with Crippen molar-refractivity contribution in [1.29, 1.82) is 0 Å². The zero-order valence-electron chi connectivity index (χ0n) is 19.2. The van der Waals surface area contributed by atoms with E-state index in [0.717, 1.165) is 54.8 Å². The van der Waals surface area contributed by atoms with Gasteiger partial charge in [0, 0.05) is 33.3 Å². The second kappa shape index (κ2) is 14.3. The van der Waals surface area contributed by atoms with Crippen LogP contribution < -0.4 is 20.1 Å². The van der Waals surface area contributed by atoms with Crippen LogP contribution in [0.25, 0.3) is 0 Å². The van der Waals surface area contributed by atoms with Gasteiger partial charge in [-0.1, -0.05) is 24.3 Å². The first-order valence-electron chi connectivity index (χ1n) is 10.7. The SMILES string of the molecule is CCNC(=NCc1cccc(OCCN(C)CCOC)c1)NCc1ccc(OC)cc1. The lowest BCUT2D eigenvalue weighted by molar-refractivity contribution is 0.150. The van der Waals surface area contributed by atoms with Crippen LogP contribution in [-0.4, -0.2) is 65.0 Å². The number of likely N-dealkylation sites (N-methyl/N-ethyl adjacent to an activating group) is 1. The number of aliphatic imine (C=N–C) groups is 1. The molecule has 7 heteroatoms. The van der Waals surface area contributed by atoms with Crippen LogP contribution in [0, 0.1) is 0 Å². The topological polar surface area (TPSA) is 67.4 Å². The second-order valence-corrected chi connectivity index (χ2v) is 7.19. The summed E-state index contributed by atoms with van der Waals surface area (Å²) in [5.74, 6) is 2.50. The number of guanidine groups is 1. The van der Waals surface area contributed by atoms with E-state index >= 15 is 0 Å². The van der Waals surface area contributed by atoms with Crippen molar-refractivity contribution in [1.82, 2.24) is 15.5 Å². The summed E-state index contributed by atoms with van der Waals surface area (Å²) in [6, 6.07) is 16.1. The second-order valence-electron chi connectivity index (χ2n) is 7.19. The lowest BCUT2D eigenvalue weighted by Gasteiger charge is -2.16. The van der Waals surface area contributed by atoms with Crippen LogP contribution >= 0.6 is 0 Å². The number of hydrogen-bond acceptors (Lipinski definition) is 5. The quantitative estimate of drug-likeness (QED) is 0.378. The minimum Gasteiger partial charge on any atom is -0.497 e. The first-order chi connectivity index (χ1) is 15.1. The molecular formula is C24H36N4O3. The van der Waals surface area contributed by atoms with Gasteiger partial charge in [0.05, 0.1) is 20.3 Å². The smallest absolute Gasteiger partial charge is 0.191 e. The number of nitrogens with one attached hydrogen (secondary N) is 2. The molecule has 2 N–H and O–H groups in total.